The molecule has 0 saturated carbocycles. The van der Waals surface area contributed by atoms with Crippen molar-refractivity contribution in [2.24, 2.45) is 5.73 Å². The fourth-order valence-corrected chi connectivity index (χ4v) is 2.26. The fraction of sp³-hybridized carbons (Fsp3) is 0.533. The fourth-order valence-electron chi connectivity index (χ4n) is 2.26. The van der Waals surface area contributed by atoms with E-state index >= 15 is 0 Å². The summed E-state index contributed by atoms with van der Waals surface area (Å²) < 4.78 is 10.8. The van der Waals surface area contributed by atoms with Gasteiger partial charge in [0.1, 0.15) is 0 Å². The Kier molecular flexibility index (Phi) is 5.11. The van der Waals surface area contributed by atoms with Crippen LogP contribution in [0.25, 0.3) is 0 Å². The van der Waals surface area contributed by atoms with Gasteiger partial charge in [0.25, 0.3) is 5.91 Å². The minimum atomic E-state index is -0.514. The molecular formula is C15H22N2O3. The van der Waals surface area contributed by atoms with E-state index in [0.29, 0.717) is 26.4 Å². The molecule has 20 heavy (non-hydrogen) atoms. The largest absolute Gasteiger partial charge is 0.376 e. The van der Waals surface area contributed by atoms with E-state index < -0.39 is 6.10 Å². The number of hydrogen-bond donors (Lipinski definition) is 1. The van der Waals surface area contributed by atoms with Gasteiger partial charge in [0, 0.05) is 18.3 Å². The van der Waals surface area contributed by atoms with Crippen LogP contribution in [0.5, 0.6) is 0 Å². The summed E-state index contributed by atoms with van der Waals surface area (Å²) in [6.07, 6.45) is -0.514. The highest BCUT2D eigenvalue weighted by Gasteiger charge is 2.29. The maximum absolute atomic E-state index is 12.6. The van der Waals surface area contributed by atoms with Crippen LogP contribution in [0.4, 0.5) is 5.69 Å². The second kappa shape index (κ2) is 6.83. The van der Waals surface area contributed by atoms with E-state index in [1.54, 1.807) is 4.90 Å². The second-order valence-corrected chi connectivity index (χ2v) is 5.11. The first-order valence-corrected chi connectivity index (χ1v) is 6.95. The predicted molar refractivity (Wildman–Crippen MR) is 77.5 cm³/mol. The summed E-state index contributed by atoms with van der Waals surface area (Å²) in [5, 5.41) is 0. The van der Waals surface area contributed by atoms with Crippen LogP contribution in [0, 0.1) is 0 Å². The number of anilines is 1. The number of amides is 1. The van der Waals surface area contributed by atoms with E-state index in [1.165, 1.54) is 0 Å². The Balaban J connectivity index is 2.18. The zero-order chi connectivity index (χ0) is 14.5. The second-order valence-electron chi connectivity index (χ2n) is 5.11. The molecule has 1 heterocycles. The highest BCUT2D eigenvalue weighted by atomic mass is 16.6. The lowest BCUT2D eigenvalue weighted by Gasteiger charge is -2.32. The monoisotopic (exact) mass is 278 g/mol. The molecule has 2 rings (SSSR count). The molecule has 5 heteroatoms. The number of nitrogens with zero attached hydrogens (tertiary/aromatic N) is 1. The lowest BCUT2D eigenvalue weighted by Crippen LogP contribution is -2.48. The maximum Gasteiger partial charge on any atom is 0.258 e. The van der Waals surface area contributed by atoms with Gasteiger partial charge in [-0.3, -0.25) is 4.79 Å². The molecule has 0 spiro atoms. The first-order chi connectivity index (χ1) is 9.63. The van der Waals surface area contributed by atoms with Crippen molar-refractivity contribution >= 4 is 11.6 Å². The summed E-state index contributed by atoms with van der Waals surface area (Å²) >= 11 is 0. The Morgan fingerprint density at radius 2 is 2.05 bits per heavy atom. The van der Waals surface area contributed by atoms with Gasteiger partial charge in [0.15, 0.2) is 6.10 Å². The van der Waals surface area contributed by atoms with Gasteiger partial charge in [-0.2, -0.15) is 0 Å². The molecule has 5 nitrogen and oxygen atoms in total. The third kappa shape index (κ3) is 3.36. The molecule has 1 aliphatic rings. The van der Waals surface area contributed by atoms with Crippen molar-refractivity contribution in [1.82, 2.24) is 0 Å². The average molecular weight is 278 g/mol. The summed E-state index contributed by atoms with van der Waals surface area (Å²) in [4.78, 5) is 14.3. The molecule has 0 aliphatic carbocycles. The zero-order valence-corrected chi connectivity index (χ0v) is 12.0. The molecular weight excluding hydrogens is 256 g/mol. The quantitative estimate of drug-likeness (QED) is 0.901. The third-order valence-corrected chi connectivity index (χ3v) is 3.30. The average Bonchev–Trinajstić information content (AvgIpc) is 2.48. The number of rotatable bonds is 4. The van der Waals surface area contributed by atoms with Crippen LogP contribution in [0.2, 0.25) is 0 Å². The van der Waals surface area contributed by atoms with Crippen LogP contribution in [-0.4, -0.2) is 37.9 Å². The lowest BCUT2D eigenvalue weighted by atomic mass is 10.1. The van der Waals surface area contributed by atoms with Crippen molar-refractivity contribution in [3.8, 4) is 0 Å². The molecule has 2 N–H and O–H groups in total. The Morgan fingerprint density at radius 3 is 2.55 bits per heavy atom. The Hall–Kier alpha value is -1.43. The van der Waals surface area contributed by atoms with Gasteiger partial charge >= 0.3 is 0 Å². The van der Waals surface area contributed by atoms with Crippen LogP contribution >= 0.6 is 0 Å². The number of hydrogen-bond acceptors (Lipinski definition) is 4. The number of carbonyl (C=O) groups excluding carboxylic acids is 1. The SMILES string of the molecule is CC(C)N(C(=O)C1COCCO1)c1ccc(CN)cc1. The standard InChI is InChI=1S/C15H22N2O3/c1-11(2)17(13-5-3-12(9-16)4-6-13)15(18)14-10-19-7-8-20-14/h3-6,11,14H,7-10,16H2,1-2H3. The summed E-state index contributed by atoms with van der Waals surface area (Å²) in [7, 11) is 0. The van der Waals surface area contributed by atoms with Gasteiger partial charge in [-0.25, -0.2) is 0 Å². The van der Waals surface area contributed by atoms with Gasteiger partial charge in [-0.1, -0.05) is 12.1 Å². The topological polar surface area (TPSA) is 64.8 Å². The number of carbonyl (C=O) groups is 1. The van der Waals surface area contributed by atoms with Crippen molar-refractivity contribution in [2.75, 3.05) is 24.7 Å². The molecule has 1 amide bonds. The van der Waals surface area contributed by atoms with Crippen molar-refractivity contribution in [2.45, 2.75) is 32.5 Å². The number of benzene rings is 1. The molecule has 1 aromatic carbocycles. The van der Waals surface area contributed by atoms with Crippen LogP contribution in [0.1, 0.15) is 19.4 Å². The molecule has 1 saturated heterocycles. The number of ether oxygens (including phenoxy) is 2. The van der Waals surface area contributed by atoms with E-state index in [-0.39, 0.29) is 11.9 Å². The van der Waals surface area contributed by atoms with Crippen molar-refractivity contribution in [3.05, 3.63) is 29.8 Å². The molecule has 1 aromatic rings. The van der Waals surface area contributed by atoms with Gasteiger partial charge in [0.2, 0.25) is 0 Å². The smallest absolute Gasteiger partial charge is 0.258 e. The molecule has 0 bridgehead atoms. The highest BCUT2D eigenvalue weighted by molar-refractivity contribution is 5.97. The Morgan fingerprint density at radius 1 is 1.35 bits per heavy atom. The van der Waals surface area contributed by atoms with E-state index in [4.69, 9.17) is 15.2 Å². The summed E-state index contributed by atoms with van der Waals surface area (Å²) in [6.45, 7) is 5.81. The first-order valence-electron chi connectivity index (χ1n) is 6.95. The minimum Gasteiger partial charge on any atom is -0.376 e. The van der Waals surface area contributed by atoms with Crippen LogP contribution in [-0.2, 0) is 20.8 Å². The predicted octanol–water partition coefficient (Wildman–Crippen LogP) is 1.30. The minimum absolute atomic E-state index is 0.0525. The molecule has 0 radical (unpaired) electrons. The molecule has 1 fully saturated rings. The molecule has 1 atom stereocenters. The molecule has 0 aromatic heterocycles. The van der Waals surface area contributed by atoms with Crippen LogP contribution < -0.4 is 10.6 Å². The third-order valence-electron chi connectivity index (χ3n) is 3.30. The zero-order valence-electron chi connectivity index (χ0n) is 12.0. The van der Waals surface area contributed by atoms with Gasteiger partial charge in [-0.15, -0.1) is 0 Å². The van der Waals surface area contributed by atoms with E-state index in [9.17, 15) is 4.79 Å². The van der Waals surface area contributed by atoms with Gasteiger partial charge in [-0.05, 0) is 31.5 Å². The Labute approximate surface area is 119 Å². The van der Waals surface area contributed by atoms with E-state index in [0.717, 1.165) is 11.3 Å². The Bertz CT molecular complexity index is 439. The maximum atomic E-state index is 12.6. The molecule has 110 valence electrons. The van der Waals surface area contributed by atoms with Crippen LogP contribution in [0.3, 0.4) is 0 Å². The molecule has 1 aliphatic heterocycles. The van der Waals surface area contributed by atoms with E-state index in [1.807, 2.05) is 38.1 Å². The van der Waals surface area contributed by atoms with Gasteiger partial charge < -0.3 is 20.1 Å². The van der Waals surface area contributed by atoms with Gasteiger partial charge in [0.05, 0.1) is 19.8 Å². The van der Waals surface area contributed by atoms with Crippen molar-refractivity contribution in [3.63, 3.8) is 0 Å². The first kappa shape index (κ1) is 15.0. The lowest BCUT2D eigenvalue weighted by molar-refractivity contribution is -0.145. The molecule has 1 unspecified atom stereocenters. The summed E-state index contributed by atoms with van der Waals surface area (Å²) in [5.41, 5.74) is 7.50. The summed E-state index contributed by atoms with van der Waals surface area (Å²) in [5.74, 6) is -0.0554. The highest BCUT2D eigenvalue weighted by Crippen LogP contribution is 2.20. The van der Waals surface area contributed by atoms with Crippen molar-refractivity contribution in [1.29, 1.82) is 0 Å². The summed E-state index contributed by atoms with van der Waals surface area (Å²) in [6, 6.07) is 7.77. The number of nitrogens with two attached hydrogens (primary N) is 1. The van der Waals surface area contributed by atoms with Crippen molar-refractivity contribution < 1.29 is 14.3 Å². The van der Waals surface area contributed by atoms with E-state index in [2.05, 4.69) is 0 Å². The normalized spacial score (nSPS) is 19.1. The van der Waals surface area contributed by atoms with Crippen LogP contribution in [0.15, 0.2) is 24.3 Å².